The minimum atomic E-state index is -1.29. The molecule has 0 saturated carbocycles. The quantitative estimate of drug-likeness (QED) is 0.620. The number of carbonyl (C=O) groups is 2. The van der Waals surface area contributed by atoms with E-state index in [-0.39, 0.29) is 12.4 Å². The Morgan fingerprint density at radius 3 is 2.68 bits per heavy atom. The number of nitrogens with zero attached hydrogens (tertiary/aromatic N) is 3. The number of hydrogen-bond acceptors (Lipinski definition) is 5. The number of amides is 3. The van der Waals surface area contributed by atoms with E-state index < -0.39 is 23.3 Å². The lowest BCUT2D eigenvalue weighted by Gasteiger charge is -2.21. The Kier molecular flexibility index (Phi) is 4.46. The molecule has 1 unspecified atom stereocenters. The number of nitrogens with one attached hydrogen (secondary N) is 1. The van der Waals surface area contributed by atoms with Crippen molar-refractivity contribution >= 4 is 27.9 Å². The van der Waals surface area contributed by atoms with Gasteiger partial charge in [-0.1, -0.05) is 45.4 Å². The molecule has 3 aromatic rings. The Balaban J connectivity index is 1.56. The summed E-state index contributed by atoms with van der Waals surface area (Å²) in [6, 6.07) is 12.2. The summed E-state index contributed by atoms with van der Waals surface area (Å²) in [5.74, 6) is -0.426. The van der Waals surface area contributed by atoms with Gasteiger partial charge in [0.2, 0.25) is 11.7 Å². The van der Waals surface area contributed by atoms with Crippen molar-refractivity contribution in [1.82, 2.24) is 20.4 Å². The van der Waals surface area contributed by atoms with Gasteiger partial charge >= 0.3 is 6.03 Å². The molecule has 1 saturated heterocycles. The van der Waals surface area contributed by atoms with Gasteiger partial charge in [-0.2, -0.15) is 4.98 Å². The summed E-state index contributed by atoms with van der Waals surface area (Å²) in [5.41, 5.74) is -0.0781. The Morgan fingerprint density at radius 1 is 1.21 bits per heavy atom. The second-order valence-corrected chi connectivity index (χ2v) is 7.39. The van der Waals surface area contributed by atoms with Crippen LogP contribution in [-0.2, 0) is 16.9 Å². The lowest BCUT2D eigenvalue weighted by molar-refractivity contribution is -0.131. The first-order valence-corrected chi connectivity index (χ1v) is 9.15. The number of imide groups is 1. The zero-order chi connectivity index (χ0) is 19.9. The van der Waals surface area contributed by atoms with Gasteiger partial charge in [0.1, 0.15) is 17.9 Å². The van der Waals surface area contributed by atoms with E-state index in [4.69, 9.17) is 4.52 Å². The fourth-order valence-corrected chi connectivity index (χ4v) is 3.42. The summed E-state index contributed by atoms with van der Waals surface area (Å²) < 4.78 is 19.3. The number of hydrogen-bond donors (Lipinski definition) is 1. The zero-order valence-corrected chi connectivity index (χ0v) is 16.2. The standard InChI is InChI=1S/C19H14BrFN4O3/c1-19(12-5-7-14(21)8-6-12)17(26)25(18(27)23-19)10-15-22-16(24-28-15)11-3-2-4-13(20)9-11/h2-9H,10H2,1H3,(H,23,27). The SMILES string of the molecule is CC1(c2ccc(F)cc2)NC(=O)N(Cc2nc(-c3cccc(Br)c3)no2)C1=O. The van der Waals surface area contributed by atoms with Crippen LogP contribution >= 0.6 is 15.9 Å². The summed E-state index contributed by atoms with van der Waals surface area (Å²) in [6.07, 6.45) is 0. The van der Waals surface area contributed by atoms with Crippen LogP contribution in [0.1, 0.15) is 18.4 Å². The van der Waals surface area contributed by atoms with Crippen LogP contribution in [-0.4, -0.2) is 27.0 Å². The molecule has 0 radical (unpaired) electrons. The average Bonchev–Trinajstić information content (AvgIpc) is 3.22. The van der Waals surface area contributed by atoms with Crippen molar-refractivity contribution in [3.05, 3.63) is 70.3 Å². The van der Waals surface area contributed by atoms with Crippen molar-refractivity contribution in [2.75, 3.05) is 0 Å². The third-order valence-electron chi connectivity index (χ3n) is 4.54. The van der Waals surface area contributed by atoms with Gasteiger partial charge in [0, 0.05) is 10.0 Å². The van der Waals surface area contributed by atoms with E-state index in [9.17, 15) is 14.0 Å². The van der Waals surface area contributed by atoms with E-state index in [1.54, 1.807) is 6.92 Å². The molecule has 1 aliphatic heterocycles. The first kappa shape index (κ1) is 18.3. The number of carbonyl (C=O) groups excluding carboxylic acids is 2. The second kappa shape index (κ2) is 6.83. The molecule has 28 heavy (non-hydrogen) atoms. The van der Waals surface area contributed by atoms with Crippen LogP contribution in [0.3, 0.4) is 0 Å². The first-order chi connectivity index (χ1) is 13.4. The van der Waals surface area contributed by atoms with Gasteiger partial charge in [-0.15, -0.1) is 0 Å². The van der Waals surface area contributed by atoms with Gasteiger partial charge in [0.25, 0.3) is 5.91 Å². The minimum Gasteiger partial charge on any atom is -0.337 e. The van der Waals surface area contributed by atoms with Gasteiger partial charge in [0.05, 0.1) is 0 Å². The van der Waals surface area contributed by atoms with Crippen LogP contribution < -0.4 is 5.32 Å². The van der Waals surface area contributed by atoms with Gasteiger partial charge in [-0.3, -0.25) is 9.69 Å². The Morgan fingerprint density at radius 2 is 1.96 bits per heavy atom. The summed E-state index contributed by atoms with van der Waals surface area (Å²) in [7, 11) is 0. The summed E-state index contributed by atoms with van der Waals surface area (Å²) in [6.45, 7) is 1.41. The highest BCUT2D eigenvalue weighted by Gasteiger charge is 2.49. The molecule has 9 heteroatoms. The number of rotatable bonds is 4. The summed E-state index contributed by atoms with van der Waals surface area (Å²) in [5, 5.41) is 6.56. The second-order valence-electron chi connectivity index (χ2n) is 6.48. The highest BCUT2D eigenvalue weighted by atomic mass is 79.9. The third-order valence-corrected chi connectivity index (χ3v) is 5.03. The Bertz CT molecular complexity index is 1070. The molecule has 142 valence electrons. The van der Waals surface area contributed by atoms with Crippen molar-refractivity contribution in [2.45, 2.75) is 19.0 Å². The third kappa shape index (κ3) is 3.18. The molecule has 1 aliphatic rings. The molecule has 7 nitrogen and oxygen atoms in total. The van der Waals surface area contributed by atoms with Crippen LogP contribution in [0, 0.1) is 5.82 Å². The molecular weight excluding hydrogens is 431 g/mol. The van der Waals surface area contributed by atoms with Gasteiger partial charge in [-0.25, -0.2) is 9.18 Å². The number of halogens is 2. The van der Waals surface area contributed by atoms with Gasteiger partial charge in [0.15, 0.2) is 0 Å². The number of urea groups is 1. The highest BCUT2D eigenvalue weighted by molar-refractivity contribution is 9.10. The zero-order valence-electron chi connectivity index (χ0n) is 14.6. The molecule has 2 heterocycles. The van der Waals surface area contributed by atoms with Crippen LogP contribution in [0.15, 0.2) is 57.5 Å². The largest absolute Gasteiger partial charge is 0.337 e. The lowest BCUT2D eigenvalue weighted by atomic mass is 9.92. The predicted molar refractivity (Wildman–Crippen MR) is 100 cm³/mol. The highest BCUT2D eigenvalue weighted by Crippen LogP contribution is 2.30. The van der Waals surface area contributed by atoms with E-state index in [2.05, 4.69) is 31.4 Å². The normalized spacial score (nSPS) is 19.2. The molecule has 3 amide bonds. The van der Waals surface area contributed by atoms with E-state index in [1.165, 1.54) is 24.3 Å². The summed E-state index contributed by atoms with van der Waals surface area (Å²) in [4.78, 5) is 30.6. The number of benzene rings is 2. The molecule has 1 aromatic heterocycles. The van der Waals surface area contributed by atoms with Crippen LogP contribution in [0.5, 0.6) is 0 Å². The first-order valence-electron chi connectivity index (χ1n) is 8.35. The van der Waals surface area contributed by atoms with Crippen LogP contribution in [0.25, 0.3) is 11.4 Å². The van der Waals surface area contributed by atoms with Crippen molar-refractivity contribution in [3.8, 4) is 11.4 Å². The fourth-order valence-electron chi connectivity index (χ4n) is 3.02. The van der Waals surface area contributed by atoms with E-state index in [0.29, 0.717) is 11.4 Å². The maximum absolute atomic E-state index is 13.2. The molecule has 0 aliphatic carbocycles. The molecule has 1 N–H and O–H groups in total. The molecule has 1 atom stereocenters. The lowest BCUT2D eigenvalue weighted by Crippen LogP contribution is -2.40. The molecule has 2 aromatic carbocycles. The molecule has 4 rings (SSSR count). The number of aromatic nitrogens is 2. The fraction of sp³-hybridized carbons (Fsp3) is 0.158. The minimum absolute atomic E-state index is 0.127. The van der Waals surface area contributed by atoms with Crippen molar-refractivity contribution in [1.29, 1.82) is 0 Å². The average molecular weight is 445 g/mol. The van der Waals surface area contributed by atoms with E-state index in [1.807, 2.05) is 24.3 Å². The summed E-state index contributed by atoms with van der Waals surface area (Å²) >= 11 is 3.38. The monoisotopic (exact) mass is 444 g/mol. The Hall–Kier alpha value is -3.07. The van der Waals surface area contributed by atoms with E-state index in [0.717, 1.165) is 14.9 Å². The smallest absolute Gasteiger partial charge is 0.325 e. The molecule has 0 spiro atoms. The predicted octanol–water partition coefficient (Wildman–Crippen LogP) is 3.61. The van der Waals surface area contributed by atoms with Crippen LogP contribution in [0.4, 0.5) is 9.18 Å². The Labute approximate surface area is 167 Å². The maximum atomic E-state index is 13.2. The van der Waals surface area contributed by atoms with Gasteiger partial charge in [-0.05, 0) is 36.8 Å². The van der Waals surface area contributed by atoms with Crippen molar-refractivity contribution < 1.29 is 18.5 Å². The van der Waals surface area contributed by atoms with Crippen molar-refractivity contribution in [3.63, 3.8) is 0 Å². The van der Waals surface area contributed by atoms with E-state index >= 15 is 0 Å². The van der Waals surface area contributed by atoms with Gasteiger partial charge < -0.3 is 9.84 Å². The molecule has 0 bridgehead atoms. The molecule has 1 fully saturated rings. The van der Waals surface area contributed by atoms with Crippen molar-refractivity contribution in [2.24, 2.45) is 0 Å². The maximum Gasteiger partial charge on any atom is 0.325 e. The topological polar surface area (TPSA) is 88.3 Å². The molecular formula is C19H14BrFN4O3. The van der Waals surface area contributed by atoms with Crippen LogP contribution in [0.2, 0.25) is 0 Å².